The Kier molecular flexibility index (Phi) is 3.92. The normalized spacial score (nSPS) is 24.4. The minimum atomic E-state index is -0.512. The summed E-state index contributed by atoms with van der Waals surface area (Å²) in [5, 5.41) is 3.40. The second-order valence-electron chi connectivity index (χ2n) is 4.98. The van der Waals surface area contributed by atoms with Crippen molar-refractivity contribution < 1.29 is 8.78 Å². The summed E-state index contributed by atoms with van der Waals surface area (Å²) in [6.45, 7) is 6.11. The molecule has 1 fully saturated rings. The van der Waals surface area contributed by atoms with Crippen molar-refractivity contribution in [1.29, 1.82) is 0 Å². The fourth-order valence-electron chi connectivity index (χ4n) is 2.31. The maximum absolute atomic E-state index is 13.9. The predicted octanol–water partition coefficient (Wildman–Crippen LogP) is 3.31. The zero-order chi connectivity index (χ0) is 13.3. The first kappa shape index (κ1) is 13.7. The molecule has 100 valence electrons. The zero-order valence-corrected chi connectivity index (χ0v) is 12.2. The molecule has 1 saturated heterocycles. The molecular formula is C13H17BrF2N2. The standard InChI is InChI=1S/C13H17BrF2N2/c1-3-13(2)8-18(5-4-17-13)12-10(15)6-9(14)7-11(12)16/h6-7,17H,3-5,8H2,1-2H3. The van der Waals surface area contributed by atoms with E-state index in [0.29, 0.717) is 17.6 Å². The Labute approximate surface area is 114 Å². The van der Waals surface area contributed by atoms with E-state index in [0.717, 1.165) is 13.0 Å². The average molecular weight is 319 g/mol. The zero-order valence-electron chi connectivity index (χ0n) is 10.6. The van der Waals surface area contributed by atoms with Crippen molar-refractivity contribution in [3.8, 4) is 0 Å². The van der Waals surface area contributed by atoms with Crippen molar-refractivity contribution >= 4 is 21.6 Å². The first-order valence-corrected chi connectivity index (χ1v) is 6.89. The summed E-state index contributed by atoms with van der Waals surface area (Å²) in [7, 11) is 0. The number of nitrogens with zero attached hydrogens (tertiary/aromatic N) is 1. The average Bonchev–Trinajstić information content (AvgIpc) is 2.28. The minimum Gasteiger partial charge on any atom is -0.364 e. The number of hydrogen-bond donors (Lipinski definition) is 1. The fraction of sp³-hybridized carbons (Fsp3) is 0.538. The maximum atomic E-state index is 13.9. The van der Waals surface area contributed by atoms with Crippen LogP contribution in [0.5, 0.6) is 0 Å². The number of nitrogens with one attached hydrogen (secondary N) is 1. The van der Waals surface area contributed by atoms with E-state index < -0.39 is 11.6 Å². The van der Waals surface area contributed by atoms with E-state index in [2.05, 4.69) is 35.1 Å². The molecule has 0 bridgehead atoms. The Morgan fingerprint density at radius 3 is 2.56 bits per heavy atom. The number of halogens is 3. The molecular weight excluding hydrogens is 302 g/mol. The number of hydrogen-bond acceptors (Lipinski definition) is 2. The summed E-state index contributed by atoms with van der Waals surface area (Å²) in [5.74, 6) is -1.02. The van der Waals surface area contributed by atoms with E-state index >= 15 is 0 Å². The molecule has 1 N–H and O–H groups in total. The molecule has 18 heavy (non-hydrogen) atoms. The third-order valence-electron chi connectivity index (χ3n) is 3.55. The molecule has 0 spiro atoms. The highest BCUT2D eigenvalue weighted by atomic mass is 79.9. The van der Waals surface area contributed by atoms with Gasteiger partial charge in [-0.05, 0) is 25.5 Å². The van der Waals surface area contributed by atoms with Gasteiger partial charge in [0.2, 0.25) is 0 Å². The summed E-state index contributed by atoms with van der Waals surface area (Å²) in [4.78, 5) is 1.79. The topological polar surface area (TPSA) is 15.3 Å². The van der Waals surface area contributed by atoms with Crippen LogP contribution in [0.15, 0.2) is 16.6 Å². The van der Waals surface area contributed by atoms with Crippen LogP contribution < -0.4 is 10.2 Å². The highest BCUT2D eigenvalue weighted by molar-refractivity contribution is 9.10. The van der Waals surface area contributed by atoms with Crippen LogP contribution >= 0.6 is 15.9 Å². The van der Waals surface area contributed by atoms with E-state index in [9.17, 15) is 8.78 Å². The Balaban J connectivity index is 2.32. The highest BCUT2D eigenvalue weighted by Crippen LogP contribution is 2.29. The summed E-state index contributed by atoms with van der Waals surface area (Å²) in [6.07, 6.45) is 0.920. The number of benzene rings is 1. The lowest BCUT2D eigenvalue weighted by molar-refractivity contribution is 0.311. The molecule has 1 unspecified atom stereocenters. The molecule has 1 aromatic carbocycles. The van der Waals surface area contributed by atoms with Crippen molar-refractivity contribution in [2.75, 3.05) is 24.5 Å². The number of anilines is 1. The third kappa shape index (κ3) is 2.67. The van der Waals surface area contributed by atoms with Gasteiger partial charge in [-0.1, -0.05) is 22.9 Å². The van der Waals surface area contributed by atoms with Crippen molar-refractivity contribution in [3.63, 3.8) is 0 Å². The van der Waals surface area contributed by atoms with Crippen LogP contribution in [0.2, 0.25) is 0 Å². The largest absolute Gasteiger partial charge is 0.364 e. The lowest BCUT2D eigenvalue weighted by Gasteiger charge is -2.42. The second kappa shape index (κ2) is 5.13. The van der Waals surface area contributed by atoms with Crippen LogP contribution in [0, 0.1) is 11.6 Å². The van der Waals surface area contributed by atoms with Crippen molar-refractivity contribution in [2.45, 2.75) is 25.8 Å². The van der Waals surface area contributed by atoms with Crippen LogP contribution in [0.1, 0.15) is 20.3 Å². The predicted molar refractivity (Wildman–Crippen MR) is 73.0 cm³/mol. The second-order valence-corrected chi connectivity index (χ2v) is 5.90. The van der Waals surface area contributed by atoms with E-state index in [-0.39, 0.29) is 11.2 Å². The quantitative estimate of drug-likeness (QED) is 0.900. The summed E-state index contributed by atoms with van der Waals surface area (Å²) in [6, 6.07) is 2.62. The highest BCUT2D eigenvalue weighted by Gasteiger charge is 2.31. The van der Waals surface area contributed by atoms with E-state index in [1.807, 2.05) is 0 Å². The SMILES string of the molecule is CCC1(C)CN(c2c(F)cc(Br)cc2F)CCN1. The molecule has 5 heteroatoms. The summed E-state index contributed by atoms with van der Waals surface area (Å²) < 4.78 is 28.3. The Bertz CT molecular complexity index is 430. The summed E-state index contributed by atoms with van der Waals surface area (Å²) in [5.41, 5.74) is -0.0103. The van der Waals surface area contributed by atoms with Gasteiger partial charge >= 0.3 is 0 Å². The van der Waals surface area contributed by atoms with Gasteiger partial charge in [0.05, 0.1) is 0 Å². The molecule has 2 rings (SSSR count). The molecule has 0 saturated carbocycles. The summed E-state index contributed by atoms with van der Waals surface area (Å²) >= 11 is 3.10. The molecule has 0 radical (unpaired) electrons. The minimum absolute atomic E-state index is 0.0828. The first-order valence-electron chi connectivity index (χ1n) is 6.10. The monoisotopic (exact) mass is 318 g/mol. The van der Waals surface area contributed by atoms with Crippen molar-refractivity contribution in [1.82, 2.24) is 5.32 Å². The lowest BCUT2D eigenvalue weighted by Crippen LogP contribution is -2.58. The number of piperazine rings is 1. The first-order chi connectivity index (χ1) is 8.45. The molecule has 1 heterocycles. The van der Waals surface area contributed by atoms with E-state index in [1.54, 1.807) is 4.90 Å². The van der Waals surface area contributed by atoms with Gasteiger partial charge in [0, 0.05) is 29.6 Å². The van der Waals surface area contributed by atoms with Gasteiger partial charge in [0.25, 0.3) is 0 Å². The number of rotatable bonds is 2. The van der Waals surface area contributed by atoms with Crippen LogP contribution in [0.3, 0.4) is 0 Å². The fourth-order valence-corrected chi connectivity index (χ4v) is 2.72. The smallest absolute Gasteiger partial charge is 0.150 e. The molecule has 1 aliphatic heterocycles. The Hall–Kier alpha value is -0.680. The van der Waals surface area contributed by atoms with Crippen LogP contribution in [0.25, 0.3) is 0 Å². The van der Waals surface area contributed by atoms with Gasteiger partial charge in [-0.25, -0.2) is 8.78 Å². The maximum Gasteiger partial charge on any atom is 0.150 e. The molecule has 0 aliphatic carbocycles. The van der Waals surface area contributed by atoms with Crippen LogP contribution in [-0.4, -0.2) is 25.2 Å². The van der Waals surface area contributed by atoms with Crippen molar-refractivity contribution in [2.24, 2.45) is 0 Å². The van der Waals surface area contributed by atoms with E-state index in [4.69, 9.17) is 0 Å². The molecule has 1 aliphatic rings. The van der Waals surface area contributed by atoms with Crippen LogP contribution in [0.4, 0.5) is 14.5 Å². The Morgan fingerprint density at radius 1 is 1.39 bits per heavy atom. The molecule has 0 aromatic heterocycles. The van der Waals surface area contributed by atoms with Gasteiger partial charge in [0.1, 0.15) is 5.69 Å². The van der Waals surface area contributed by atoms with Crippen LogP contribution in [-0.2, 0) is 0 Å². The Morgan fingerprint density at radius 2 is 2.00 bits per heavy atom. The van der Waals surface area contributed by atoms with Gasteiger partial charge in [0.15, 0.2) is 11.6 Å². The third-order valence-corrected chi connectivity index (χ3v) is 4.01. The molecule has 2 nitrogen and oxygen atoms in total. The van der Waals surface area contributed by atoms with Gasteiger partial charge < -0.3 is 10.2 Å². The van der Waals surface area contributed by atoms with Crippen molar-refractivity contribution in [3.05, 3.63) is 28.2 Å². The van der Waals surface area contributed by atoms with E-state index in [1.165, 1.54) is 12.1 Å². The lowest BCUT2D eigenvalue weighted by atomic mass is 9.95. The molecule has 0 amide bonds. The molecule has 1 atom stereocenters. The molecule has 1 aromatic rings. The van der Waals surface area contributed by atoms with Gasteiger partial charge in [-0.15, -0.1) is 0 Å². The van der Waals surface area contributed by atoms with Gasteiger partial charge in [-0.2, -0.15) is 0 Å². The van der Waals surface area contributed by atoms with Gasteiger partial charge in [-0.3, -0.25) is 0 Å².